The van der Waals surface area contributed by atoms with E-state index in [-0.39, 0.29) is 0 Å². The van der Waals surface area contributed by atoms with Crippen LogP contribution in [0.3, 0.4) is 0 Å². The highest BCUT2D eigenvalue weighted by Crippen LogP contribution is 2.30. The average molecular weight is 377 g/mol. The normalized spacial score (nSPS) is 10.7. The molecular weight excluding hydrogens is 363 g/mol. The molecule has 4 heteroatoms. The number of hydrogen-bond donors (Lipinski definition) is 0. The van der Waals surface area contributed by atoms with Gasteiger partial charge < -0.3 is 0 Å². The summed E-state index contributed by atoms with van der Waals surface area (Å²) >= 11 is 12.5. The molecule has 0 fully saturated rings. The molecular formula is C22H14Cl2N2. The van der Waals surface area contributed by atoms with Crippen LogP contribution in [-0.2, 0) is 0 Å². The first kappa shape index (κ1) is 16.8. The van der Waals surface area contributed by atoms with Gasteiger partial charge in [0.1, 0.15) is 0 Å². The quantitative estimate of drug-likeness (QED) is 0.393. The molecule has 0 spiro atoms. The van der Waals surface area contributed by atoms with Crippen molar-refractivity contribution >= 4 is 23.2 Å². The Morgan fingerprint density at radius 3 is 1.27 bits per heavy atom. The standard InChI is InChI=1S/C22H14Cl2N2/c23-19-7-3-1-5-17(19)15-9-11-21(25-13-15)22-12-10-16(14-26-22)18-6-2-4-8-20(18)24/h1-14H. The summed E-state index contributed by atoms with van der Waals surface area (Å²) in [6.45, 7) is 0. The minimum absolute atomic E-state index is 0.712. The van der Waals surface area contributed by atoms with E-state index < -0.39 is 0 Å². The molecule has 0 bridgehead atoms. The van der Waals surface area contributed by atoms with Crippen LogP contribution < -0.4 is 0 Å². The van der Waals surface area contributed by atoms with Gasteiger partial charge in [0.2, 0.25) is 0 Å². The van der Waals surface area contributed by atoms with E-state index in [1.807, 2.05) is 85.2 Å². The highest BCUT2D eigenvalue weighted by atomic mass is 35.5. The lowest BCUT2D eigenvalue weighted by molar-refractivity contribution is 1.25. The van der Waals surface area contributed by atoms with Gasteiger partial charge in [-0.1, -0.05) is 71.7 Å². The Labute approximate surface area is 162 Å². The first-order valence-corrected chi connectivity index (χ1v) is 8.90. The van der Waals surface area contributed by atoms with Crippen LogP contribution in [0.2, 0.25) is 10.0 Å². The monoisotopic (exact) mass is 376 g/mol. The second-order valence-electron chi connectivity index (χ2n) is 5.82. The molecule has 2 aromatic carbocycles. The van der Waals surface area contributed by atoms with Crippen LogP contribution in [0, 0.1) is 0 Å². The van der Waals surface area contributed by atoms with Crippen molar-refractivity contribution in [2.45, 2.75) is 0 Å². The Kier molecular flexibility index (Phi) is 4.70. The highest BCUT2D eigenvalue weighted by Gasteiger charge is 2.07. The first-order valence-electron chi connectivity index (χ1n) is 8.14. The van der Waals surface area contributed by atoms with Crippen molar-refractivity contribution in [2.75, 3.05) is 0 Å². The molecule has 4 aromatic rings. The van der Waals surface area contributed by atoms with Crippen LogP contribution in [0.25, 0.3) is 33.6 Å². The zero-order valence-electron chi connectivity index (χ0n) is 13.7. The second-order valence-corrected chi connectivity index (χ2v) is 6.64. The van der Waals surface area contributed by atoms with Gasteiger partial charge in [-0.3, -0.25) is 9.97 Å². The van der Waals surface area contributed by atoms with E-state index in [9.17, 15) is 0 Å². The van der Waals surface area contributed by atoms with Gasteiger partial charge >= 0.3 is 0 Å². The number of aromatic nitrogens is 2. The molecule has 0 radical (unpaired) electrons. The minimum Gasteiger partial charge on any atom is -0.254 e. The van der Waals surface area contributed by atoms with Gasteiger partial charge in [-0.15, -0.1) is 0 Å². The molecule has 0 aliphatic rings. The molecule has 2 aromatic heterocycles. The lowest BCUT2D eigenvalue weighted by Crippen LogP contribution is -1.89. The third-order valence-corrected chi connectivity index (χ3v) is 4.82. The van der Waals surface area contributed by atoms with Gasteiger partial charge in [0, 0.05) is 44.7 Å². The molecule has 0 unspecified atom stereocenters. The van der Waals surface area contributed by atoms with Gasteiger partial charge in [0.05, 0.1) is 11.4 Å². The van der Waals surface area contributed by atoms with Crippen molar-refractivity contribution in [3.8, 4) is 33.6 Å². The second kappa shape index (κ2) is 7.28. The van der Waals surface area contributed by atoms with E-state index in [1.54, 1.807) is 0 Å². The fourth-order valence-corrected chi connectivity index (χ4v) is 3.29. The molecule has 0 saturated heterocycles. The van der Waals surface area contributed by atoms with Crippen LogP contribution in [0.5, 0.6) is 0 Å². The maximum absolute atomic E-state index is 6.25. The lowest BCUT2D eigenvalue weighted by atomic mass is 10.1. The van der Waals surface area contributed by atoms with E-state index in [0.29, 0.717) is 10.0 Å². The summed E-state index contributed by atoms with van der Waals surface area (Å²) in [6.07, 6.45) is 3.64. The number of halogens is 2. The summed E-state index contributed by atoms with van der Waals surface area (Å²) in [5.41, 5.74) is 5.52. The third kappa shape index (κ3) is 3.34. The van der Waals surface area contributed by atoms with E-state index in [1.165, 1.54) is 0 Å². The lowest BCUT2D eigenvalue weighted by Gasteiger charge is -2.07. The fraction of sp³-hybridized carbons (Fsp3) is 0. The molecule has 0 N–H and O–H groups in total. The van der Waals surface area contributed by atoms with Gasteiger partial charge in [0.15, 0.2) is 0 Å². The Bertz CT molecular complexity index is 955. The Morgan fingerprint density at radius 2 is 0.923 bits per heavy atom. The molecule has 0 aliphatic heterocycles. The highest BCUT2D eigenvalue weighted by molar-refractivity contribution is 6.33. The van der Waals surface area contributed by atoms with Crippen LogP contribution in [0.15, 0.2) is 85.2 Å². The van der Waals surface area contributed by atoms with Gasteiger partial charge in [0.25, 0.3) is 0 Å². The molecule has 126 valence electrons. The Balaban J connectivity index is 1.62. The number of pyridine rings is 2. The topological polar surface area (TPSA) is 25.8 Å². The maximum Gasteiger partial charge on any atom is 0.0886 e. The van der Waals surface area contributed by atoms with Crippen molar-refractivity contribution < 1.29 is 0 Å². The predicted molar refractivity (Wildman–Crippen MR) is 108 cm³/mol. The van der Waals surface area contributed by atoms with Crippen molar-refractivity contribution in [1.82, 2.24) is 9.97 Å². The number of nitrogens with zero attached hydrogens (tertiary/aromatic N) is 2. The zero-order chi connectivity index (χ0) is 17.9. The number of rotatable bonds is 3. The van der Waals surface area contributed by atoms with Gasteiger partial charge in [-0.2, -0.15) is 0 Å². The molecule has 0 amide bonds. The summed E-state index contributed by atoms with van der Waals surface area (Å²) in [5.74, 6) is 0. The SMILES string of the molecule is Clc1ccccc1-c1ccc(-c2ccc(-c3ccccc3Cl)cn2)nc1. The first-order chi connectivity index (χ1) is 12.7. The van der Waals surface area contributed by atoms with E-state index in [0.717, 1.165) is 33.6 Å². The number of benzene rings is 2. The number of hydrogen-bond acceptors (Lipinski definition) is 2. The van der Waals surface area contributed by atoms with Gasteiger partial charge in [-0.25, -0.2) is 0 Å². The molecule has 2 nitrogen and oxygen atoms in total. The molecule has 0 aliphatic carbocycles. The van der Waals surface area contributed by atoms with Crippen LogP contribution in [0.1, 0.15) is 0 Å². The summed E-state index contributed by atoms with van der Waals surface area (Å²) in [6, 6.07) is 23.4. The molecule has 26 heavy (non-hydrogen) atoms. The molecule has 0 saturated carbocycles. The summed E-state index contributed by atoms with van der Waals surface area (Å²) in [7, 11) is 0. The maximum atomic E-state index is 6.25. The van der Waals surface area contributed by atoms with Crippen molar-refractivity contribution in [3.05, 3.63) is 95.2 Å². The predicted octanol–water partition coefficient (Wildman–Crippen LogP) is 6.78. The van der Waals surface area contributed by atoms with E-state index in [4.69, 9.17) is 23.2 Å². The largest absolute Gasteiger partial charge is 0.254 e. The van der Waals surface area contributed by atoms with Crippen molar-refractivity contribution in [2.24, 2.45) is 0 Å². The average Bonchev–Trinajstić information content (AvgIpc) is 2.69. The smallest absolute Gasteiger partial charge is 0.0886 e. The van der Waals surface area contributed by atoms with Gasteiger partial charge in [-0.05, 0) is 24.3 Å². The Hall–Kier alpha value is -2.68. The van der Waals surface area contributed by atoms with Crippen molar-refractivity contribution in [3.63, 3.8) is 0 Å². The molecule has 4 rings (SSSR count). The Morgan fingerprint density at radius 1 is 0.500 bits per heavy atom. The molecule has 2 heterocycles. The van der Waals surface area contributed by atoms with Crippen LogP contribution >= 0.6 is 23.2 Å². The zero-order valence-corrected chi connectivity index (χ0v) is 15.2. The van der Waals surface area contributed by atoms with E-state index in [2.05, 4.69) is 9.97 Å². The summed E-state index contributed by atoms with van der Waals surface area (Å²) < 4.78 is 0. The van der Waals surface area contributed by atoms with Crippen molar-refractivity contribution in [1.29, 1.82) is 0 Å². The minimum atomic E-state index is 0.712. The fourth-order valence-electron chi connectivity index (χ4n) is 2.80. The summed E-state index contributed by atoms with van der Waals surface area (Å²) in [5, 5.41) is 1.42. The van der Waals surface area contributed by atoms with Crippen LogP contribution in [0.4, 0.5) is 0 Å². The third-order valence-electron chi connectivity index (χ3n) is 4.16. The summed E-state index contributed by atoms with van der Waals surface area (Å²) in [4.78, 5) is 9.08. The van der Waals surface area contributed by atoms with Crippen LogP contribution in [-0.4, -0.2) is 9.97 Å². The molecule has 0 atom stereocenters. The van der Waals surface area contributed by atoms with E-state index >= 15 is 0 Å².